The normalized spacial score (nSPS) is 17.7. The van der Waals surface area contributed by atoms with Crippen LogP contribution in [0.5, 0.6) is 0 Å². The molecule has 0 spiro atoms. The molecule has 0 aromatic carbocycles. The zero-order valence-corrected chi connectivity index (χ0v) is 14.1. The van der Waals surface area contributed by atoms with Gasteiger partial charge in [-0.2, -0.15) is 0 Å². The molecule has 2 heterocycles. The van der Waals surface area contributed by atoms with E-state index < -0.39 is 0 Å². The van der Waals surface area contributed by atoms with E-state index in [9.17, 15) is 4.79 Å². The predicted molar refractivity (Wildman–Crippen MR) is 86.9 cm³/mol. The maximum atomic E-state index is 12.0. The Balaban J connectivity index is 1.67. The van der Waals surface area contributed by atoms with Crippen LogP contribution in [0, 0.1) is 13.8 Å². The molecule has 0 unspecified atom stereocenters. The number of amides is 1. The lowest BCUT2D eigenvalue weighted by Crippen LogP contribution is -2.39. The summed E-state index contributed by atoms with van der Waals surface area (Å²) in [4.78, 5) is 22.3. The Bertz CT molecular complexity index is 455. The molecule has 1 amide bonds. The van der Waals surface area contributed by atoms with Crippen LogP contribution in [0.2, 0.25) is 0 Å². The van der Waals surface area contributed by atoms with Crippen LogP contribution in [0.1, 0.15) is 22.0 Å². The van der Waals surface area contributed by atoms with Crippen molar-refractivity contribution in [3.8, 4) is 0 Å². The smallest absolute Gasteiger partial charge is 0.234 e. The zero-order valence-electron chi connectivity index (χ0n) is 13.3. The third kappa shape index (κ3) is 5.37. The number of nitrogens with zero attached hydrogens (tertiary/aromatic N) is 3. The summed E-state index contributed by atoms with van der Waals surface area (Å²) in [6.45, 7) is 9.49. The van der Waals surface area contributed by atoms with E-state index in [1.807, 2.05) is 6.92 Å². The fourth-order valence-electron chi connectivity index (χ4n) is 2.47. The molecule has 6 heteroatoms. The van der Waals surface area contributed by atoms with Gasteiger partial charge in [-0.15, -0.1) is 11.3 Å². The van der Waals surface area contributed by atoms with E-state index in [1.165, 1.54) is 4.88 Å². The third-order valence-corrected chi connectivity index (χ3v) is 5.05. The van der Waals surface area contributed by atoms with Crippen LogP contribution < -0.4 is 5.32 Å². The summed E-state index contributed by atoms with van der Waals surface area (Å²) in [5, 5.41) is 4.12. The summed E-state index contributed by atoms with van der Waals surface area (Å²) in [6.07, 6.45) is 1.97. The average molecular weight is 310 g/mol. The van der Waals surface area contributed by atoms with Crippen LogP contribution >= 0.6 is 11.3 Å². The number of aryl methyl sites for hydroxylation is 2. The van der Waals surface area contributed by atoms with Gasteiger partial charge in [0.1, 0.15) is 0 Å². The first kappa shape index (κ1) is 16.4. The largest absolute Gasteiger partial charge is 0.355 e. The lowest BCUT2D eigenvalue weighted by Gasteiger charge is -2.19. The number of thiazole rings is 1. The van der Waals surface area contributed by atoms with Crippen molar-refractivity contribution in [1.82, 2.24) is 20.1 Å². The third-order valence-electron chi connectivity index (χ3n) is 3.91. The van der Waals surface area contributed by atoms with Crippen LogP contribution in [-0.4, -0.2) is 67.0 Å². The fraction of sp³-hybridized carbons (Fsp3) is 0.733. The van der Waals surface area contributed by atoms with Gasteiger partial charge in [0, 0.05) is 30.9 Å². The molecule has 5 nitrogen and oxygen atoms in total. The minimum atomic E-state index is 0.129. The highest BCUT2D eigenvalue weighted by Crippen LogP contribution is 2.16. The Kier molecular flexibility index (Phi) is 6.14. The lowest BCUT2D eigenvalue weighted by atomic mass is 10.3. The first-order valence-corrected chi connectivity index (χ1v) is 8.47. The SMILES string of the molecule is Cc1nc(CCNC(=O)CN2CCCN(C)CC2)sc1C. The molecule has 2 rings (SSSR count). The maximum absolute atomic E-state index is 12.0. The quantitative estimate of drug-likeness (QED) is 0.883. The summed E-state index contributed by atoms with van der Waals surface area (Å²) < 4.78 is 0. The van der Waals surface area contributed by atoms with Crippen molar-refractivity contribution < 1.29 is 4.79 Å². The second kappa shape index (κ2) is 7.87. The molecule has 1 saturated heterocycles. The van der Waals surface area contributed by atoms with Crippen molar-refractivity contribution in [1.29, 1.82) is 0 Å². The second-order valence-electron chi connectivity index (χ2n) is 5.78. The molecule has 1 fully saturated rings. The molecule has 0 radical (unpaired) electrons. The molecule has 118 valence electrons. The van der Waals surface area contributed by atoms with Gasteiger partial charge in [0.25, 0.3) is 0 Å². The number of hydrogen-bond donors (Lipinski definition) is 1. The standard InChI is InChI=1S/C15H26N4OS/c1-12-13(2)21-15(17-12)5-6-16-14(20)11-19-8-4-7-18(3)9-10-19/h4-11H2,1-3H3,(H,16,20). The van der Waals surface area contributed by atoms with E-state index in [2.05, 4.69) is 34.1 Å². The van der Waals surface area contributed by atoms with Crippen molar-refractivity contribution in [3.63, 3.8) is 0 Å². The Morgan fingerprint density at radius 1 is 1.29 bits per heavy atom. The van der Waals surface area contributed by atoms with Gasteiger partial charge in [0.2, 0.25) is 5.91 Å². The molecule has 0 aliphatic carbocycles. The number of nitrogens with one attached hydrogen (secondary N) is 1. The number of carbonyl (C=O) groups excluding carboxylic acids is 1. The van der Waals surface area contributed by atoms with Crippen molar-refractivity contribution in [2.45, 2.75) is 26.7 Å². The number of rotatable bonds is 5. The Labute approximate surface area is 131 Å². The fourth-order valence-corrected chi connectivity index (χ4v) is 3.41. The van der Waals surface area contributed by atoms with E-state index in [-0.39, 0.29) is 5.91 Å². The first-order chi connectivity index (χ1) is 10.0. The van der Waals surface area contributed by atoms with E-state index in [0.717, 1.165) is 49.7 Å². The summed E-state index contributed by atoms with van der Waals surface area (Å²) in [6, 6.07) is 0. The monoisotopic (exact) mass is 310 g/mol. The van der Waals surface area contributed by atoms with Gasteiger partial charge in [0.15, 0.2) is 0 Å². The van der Waals surface area contributed by atoms with Gasteiger partial charge in [-0.05, 0) is 40.4 Å². The molecular weight excluding hydrogens is 284 g/mol. The molecule has 21 heavy (non-hydrogen) atoms. The van der Waals surface area contributed by atoms with Crippen molar-refractivity contribution in [2.75, 3.05) is 46.3 Å². The topological polar surface area (TPSA) is 48.5 Å². The summed E-state index contributed by atoms with van der Waals surface area (Å²) >= 11 is 1.73. The molecule has 1 aromatic rings. The Hall–Kier alpha value is -0.980. The van der Waals surface area contributed by atoms with Gasteiger partial charge in [-0.1, -0.05) is 0 Å². The number of aromatic nitrogens is 1. The van der Waals surface area contributed by atoms with Crippen LogP contribution in [0.4, 0.5) is 0 Å². The molecule has 0 bridgehead atoms. The number of carbonyl (C=O) groups is 1. The molecule has 1 aliphatic heterocycles. The van der Waals surface area contributed by atoms with E-state index in [1.54, 1.807) is 11.3 Å². The van der Waals surface area contributed by atoms with Gasteiger partial charge >= 0.3 is 0 Å². The highest BCUT2D eigenvalue weighted by molar-refractivity contribution is 7.11. The molecule has 1 aromatic heterocycles. The molecule has 1 aliphatic rings. The highest BCUT2D eigenvalue weighted by atomic mass is 32.1. The summed E-state index contributed by atoms with van der Waals surface area (Å²) in [5.74, 6) is 0.129. The average Bonchev–Trinajstić information content (AvgIpc) is 2.61. The molecule has 1 N–H and O–H groups in total. The number of hydrogen-bond acceptors (Lipinski definition) is 5. The molecular formula is C15H26N4OS. The summed E-state index contributed by atoms with van der Waals surface area (Å²) in [7, 11) is 2.14. The van der Waals surface area contributed by atoms with E-state index in [0.29, 0.717) is 13.1 Å². The van der Waals surface area contributed by atoms with Gasteiger partial charge < -0.3 is 10.2 Å². The van der Waals surface area contributed by atoms with E-state index in [4.69, 9.17) is 0 Å². The van der Waals surface area contributed by atoms with Gasteiger partial charge in [0.05, 0.1) is 17.2 Å². The van der Waals surface area contributed by atoms with Crippen LogP contribution in [-0.2, 0) is 11.2 Å². The van der Waals surface area contributed by atoms with Crippen molar-refractivity contribution >= 4 is 17.2 Å². The van der Waals surface area contributed by atoms with Gasteiger partial charge in [-0.25, -0.2) is 4.98 Å². The minimum absolute atomic E-state index is 0.129. The van der Waals surface area contributed by atoms with Crippen LogP contribution in [0.15, 0.2) is 0 Å². The Morgan fingerprint density at radius 3 is 2.81 bits per heavy atom. The Morgan fingerprint density at radius 2 is 2.10 bits per heavy atom. The number of likely N-dealkylation sites (N-methyl/N-ethyl adjacent to an activating group) is 1. The lowest BCUT2D eigenvalue weighted by molar-refractivity contribution is -0.122. The van der Waals surface area contributed by atoms with Crippen LogP contribution in [0.25, 0.3) is 0 Å². The van der Waals surface area contributed by atoms with Crippen LogP contribution in [0.3, 0.4) is 0 Å². The second-order valence-corrected chi connectivity index (χ2v) is 7.07. The minimum Gasteiger partial charge on any atom is -0.355 e. The van der Waals surface area contributed by atoms with E-state index >= 15 is 0 Å². The molecule has 0 saturated carbocycles. The van der Waals surface area contributed by atoms with Crippen molar-refractivity contribution in [2.24, 2.45) is 0 Å². The summed E-state index contributed by atoms with van der Waals surface area (Å²) in [5.41, 5.74) is 1.11. The zero-order chi connectivity index (χ0) is 15.2. The molecule has 0 atom stereocenters. The maximum Gasteiger partial charge on any atom is 0.234 e. The first-order valence-electron chi connectivity index (χ1n) is 7.65. The van der Waals surface area contributed by atoms with Gasteiger partial charge in [-0.3, -0.25) is 9.69 Å². The predicted octanol–water partition coefficient (Wildman–Crippen LogP) is 1.06. The van der Waals surface area contributed by atoms with Crippen molar-refractivity contribution in [3.05, 3.63) is 15.6 Å². The highest BCUT2D eigenvalue weighted by Gasteiger charge is 2.14.